The number of hydrogen-bond donors (Lipinski definition) is 3. The smallest absolute Gasteiger partial charge is 0.217 e. The molecule has 3 N–H and O–H groups in total. The number of fused-ring (bicyclic) bond motifs is 1. The minimum Gasteiger partial charge on any atom is -0.487 e. The van der Waals surface area contributed by atoms with Gasteiger partial charge in [-0.25, -0.2) is 8.78 Å². The van der Waals surface area contributed by atoms with Crippen molar-refractivity contribution in [3.8, 4) is 5.75 Å². The van der Waals surface area contributed by atoms with Crippen LogP contribution in [0.15, 0.2) is 36.4 Å². The minimum atomic E-state index is -0.975. The van der Waals surface area contributed by atoms with Crippen molar-refractivity contribution in [3.63, 3.8) is 0 Å². The Kier molecular flexibility index (Phi) is 8.22. The van der Waals surface area contributed by atoms with E-state index in [9.17, 15) is 18.7 Å². The zero-order valence-electron chi connectivity index (χ0n) is 21.5. The van der Waals surface area contributed by atoms with Gasteiger partial charge in [-0.05, 0) is 61.4 Å². The van der Waals surface area contributed by atoms with E-state index in [2.05, 4.69) is 43.5 Å². The number of aliphatic hydroxyl groups excluding tert-OH is 1. The summed E-state index contributed by atoms with van der Waals surface area (Å²) in [6.45, 7) is 12.2. The van der Waals surface area contributed by atoms with Gasteiger partial charge in [-0.3, -0.25) is 4.79 Å². The van der Waals surface area contributed by atoms with Crippen LogP contribution in [0.5, 0.6) is 5.75 Å². The molecular weight excluding hydrogens is 450 g/mol. The number of hydrogen-bond acceptors (Lipinski definition) is 4. The second-order valence-electron chi connectivity index (χ2n) is 11.5. The summed E-state index contributed by atoms with van der Waals surface area (Å²) in [5.74, 6) is -0.891. The molecule has 2 aromatic rings. The monoisotopic (exact) mass is 488 g/mol. The molecule has 0 saturated carbocycles. The van der Waals surface area contributed by atoms with Crippen molar-refractivity contribution in [1.29, 1.82) is 0 Å². The van der Waals surface area contributed by atoms with Crippen LogP contribution in [0.2, 0.25) is 0 Å². The minimum absolute atomic E-state index is 0.0621. The molecule has 1 aliphatic rings. The van der Waals surface area contributed by atoms with Gasteiger partial charge in [0.15, 0.2) is 0 Å². The third-order valence-corrected chi connectivity index (χ3v) is 6.07. The number of aliphatic hydroxyl groups is 1. The highest BCUT2D eigenvalue weighted by molar-refractivity contribution is 5.73. The Labute approximate surface area is 207 Å². The predicted molar refractivity (Wildman–Crippen MR) is 133 cm³/mol. The van der Waals surface area contributed by atoms with Crippen LogP contribution in [0.25, 0.3) is 0 Å². The van der Waals surface area contributed by atoms with Crippen LogP contribution < -0.4 is 15.4 Å². The summed E-state index contributed by atoms with van der Waals surface area (Å²) in [6.07, 6.45) is 0.750. The molecule has 0 fully saturated rings. The molecule has 0 aromatic heterocycles. The zero-order valence-corrected chi connectivity index (χ0v) is 21.5. The van der Waals surface area contributed by atoms with Gasteiger partial charge < -0.3 is 20.5 Å². The molecule has 192 valence electrons. The highest BCUT2D eigenvalue weighted by Crippen LogP contribution is 2.40. The molecule has 2 aromatic carbocycles. The maximum Gasteiger partial charge on any atom is 0.217 e. The fourth-order valence-electron chi connectivity index (χ4n) is 4.74. The Bertz CT molecular complexity index is 1030. The van der Waals surface area contributed by atoms with Crippen molar-refractivity contribution in [2.75, 3.05) is 6.54 Å². The van der Waals surface area contributed by atoms with Gasteiger partial charge in [-0.15, -0.1) is 0 Å². The van der Waals surface area contributed by atoms with Gasteiger partial charge in [0, 0.05) is 37.6 Å². The Balaban J connectivity index is 1.77. The summed E-state index contributed by atoms with van der Waals surface area (Å²) < 4.78 is 33.5. The highest BCUT2D eigenvalue weighted by atomic mass is 19.1. The van der Waals surface area contributed by atoms with E-state index in [1.165, 1.54) is 24.6 Å². The van der Waals surface area contributed by atoms with E-state index in [4.69, 9.17) is 4.74 Å². The fourth-order valence-corrected chi connectivity index (χ4v) is 4.74. The molecule has 35 heavy (non-hydrogen) atoms. The average molecular weight is 489 g/mol. The number of ether oxygens (including phenoxy) is 1. The number of carbonyl (C=O) groups excluding carboxylic acids is 1. The predicted octanol–water partition coefficient (Wildman–Crippen LogP) is 4.85. The van der Waals surface area contributed by atoms with Crippen molar-refractivity contribution in [2.24, 2.45) is 5.41 Å². The fraction of sp³-hybridized carbons (Fsp3) is 0.536. The molecule has 0 bridgehead atoms. The molecule has 1 aliphatic heterocycles. The van der Waals surface area contributed by atoms with Crippen LogP contribution >= 0.6 is 0 Å². The van der Waals surface area contributed by atoms with Gasteiger partial charge in [0.25, 0.3) is 0 Å². The van der Waals surface area contributed by atoms with Gasteiger partial charge in [-0.1, -0.05) is 32.9 Å². The first-order valence-electron chi connectivity index (χ1n) is 12.2. The average Bonchev–Trinajstić information content (AvgIpc) is 2.69. The van der Waals surface area contributed by atoms with Crippen LogP contribution in [0.4, 0.5) is 8.78 Å². The molecule has 0 spiro atoms. The molecule has 5 nitrogen and oxygen atoms in total. The molecule has 0 aliphatic carbocycles. The lowest BCUT2D eigenvalue weighted by Gasteiger charge is -2.39. The van der Waals surface area contributed by atoms with E-state index in [0.717, 1.165) is 23.8 Å². The number of nitrogens with one attached hydrogen (secondary N) is 2. The molecule has 1 heterocycles. The Hall–Kier alpha value is -2.51. The second kappa shape index (κ2) is 10.6. The lowest BCUT2D eigenvalue weighted by Crippen LogP contribution is -2.49. The van der Waals surface area contributed by atoms with E-state index in [-0.39, 0.29) is 30.3 Å². The lowest BCUT2D eigenvalue weighted by atomic mass is 9.84. The molecule has 0 saturated heterocycles. The first kappa shape index (κ1) is 27.1. The third-order valence-electron chi connectivity index (χ3n) is 6.07. The SMILES string of the molecule is CC(=O)N[C@@H](Cc1cc(F)cc(F)c1)[C@H](O)CN[C@H]1CC(C)(C)Oc2ccc(CC(C)(C)C)cc21. The summed E-state index contributed by atoms with van der Waals surface area (Å²) in [6, 6.07) is 8.74. The van der Waals surface area contributed by atoms with E-state index >= 15 is 0 Å². The molecule has 1 amide bonds. The summed E-state index contributed by atoms with van der Waals surface area (Å²) in [5, 5.41) is 17.2. The molecule has 3 rings (SSSR count). The van der Waals surface area contributed by atoms with Crippen molar-refractivity contribution >= 4 is 5.91 Å². The van der Waals surface area contributed by atoms with Gasteiger partial charge in [-0.2, -0.15) is 0 Å². The van der Waals surface area contributed by atoms with Crippen molar-refractivity contribution in [1.82, 2.24) is 10.6 Å². The molecular formula is C28H38F2N2O3. The number of carbonyl (C=O) groups is 1. The van der Waals surface area contributed by atoms with Crippen molar-refractivity contribution in [3.05, 3.63) is 64.7 Å². The number of rotatable bonds is 8. The summed E-state index contributed by atoms with van der Waals surface area (Å²) in [4.78, 5) is 11.8. The molecule has 7 heteroatoms. The second-order valence-corrected chi connectivity index (χ2v) is 11.5. The van der Waals surface area contributed by atoms with Crippen LogP contribution in [0.3, 0.4) is 0 Å². The lowest BCUT2D eigenvalue weighted by molar-refractivity contribution is -0.120. The van der Waals surface area contributed by atoms with Crippen molar-refractivity contribution < 1.29 is 23.4 Å². The van der Waals surface area contributed by atoms with Gasteiger partial charge in [0.05, 0.1) is 12.1 Å². The number of halogens is 2. The summed E-state index contributed by atoms with van der Waals surface area (Å²) in [5.41, 5.74) is 2.38. The van der Waals surface area contributed by atoms with Gasteiger partial charge >= 0.3 is 0 Å². The topological polar surface area (TPSA) is 70.6 Å². The maximum absolute atomic E-state index is 13.7. The summed E-state index contributed by atoms with van der Waals surface area (Å²) in [7, 11) is 0. The Morgan fingerprint density at radius 2 is 1.80 bits per heavy atom. The van der Waals surface area contributed by atoms with E-state index in [0.29, 0.717) is 12.0 Å². The van der Waals surface area contributed by atoms with Crippen LogP contribution in [0, 0.1) is 17.0 Å². The van der Waals surface area contributed by atoms with Crippen molar-refractivity contribution in [2.45, 2.75) is 84.6 Å². The van der Waals surface area contributed by atoms with Gasteiger partial charge in [0.2, 0.25) is 5.91 Å². The Morgan fingerprint density at radius 1 is 1.14 bits per heavy atom. The standard InChI is InChI=1S/C28H38F2N2O3/c1-17(33)32-23(12-19-9-20(29)13-21(30)10-19)25(34)16-31-24-15-28(5,6)35-26-8-7-18(11-22(24)26)14-27(2,3)4/h7-11,13,23-25,31,34H,12,14-16H2,1-6H3,(H,32,33)/t23-,24-,25+/m0/s1. The molecule has 0 unspecified atom stereocenters. The largest absolute Gasteiger partial charge is 0.487 e. The van der Waals surface area contributed by atoms with Crippen LogP contribution in [-0.4, -0.2) is 35.3 Å². The van der Waals surface area contributed by atoms with Gasteiger partial charge in [0.1, 0.15) is 23.0 Å². The normalized spacial score (nSPS) is 18.8. The van der Waals surface area contributed by atoms with E-state index < -0.39 is 29.4 Å². The third kappa shape index (κ3) is 8.00. The Morgan fingerprint density at radius 3 is 2.40 bits per heavy atom. The van der Waals surface area contributed by atoms with Crippen LogP contribution in [0.1, 0.15) is 70.7 Å². The van der Waals surface area contributed by atoms with Crippen LogP contribution in [-0.2, 0) is 17.6 Å². The molecule has 0 radical (unpaired) electrons. The summed E-state index contributed by atoms with van der Waals surface area (Å²) >= 11 is 0. The number of benzene rings is 2. The van der Waals surface area contributed by atoms with E-state index in [1.54, 1.807) is 0 Å². The first-order chi connectivity index (χ1) is 16.2. The first-order valence-corrected chi connectivity index (χ1v) is 12.2. The van der Waals surface area contributed by atoms with E-state index in [1.807, 2.05) is 19.9 Å². The quantitative estimate of drug-likeness (QED) is 0.497. The highest BCUT2D eigenvalue weighted by Gasteiger charge is 2.34. The molecule has 3 atom stereocenters. The number of amides is 1. The maximum atomic E-state index is 13.7. The zero-order chi connectivity index (χ0) is 26.0.